The molecule has 14 heavy (non-hydrogen) atoms. The highest BCUT2D eigenvalue weighted by molar-refractivity contribution is 7.09. The number of rotatable bonds is 4. The Balaban J connectivity index is 2.56. The quantitative estimate of drug-likeness (QED) is 0.712. The fraction of sp³-hybridized carbons (Fsp3) is 0.400. The maximum Gasteiger partial charge on any atom is 0.323 e. The Morgan fingerprint density at radius 2 is 2.57 bits per heavy atom. The first-order valence-electron chi connectivity index (χ1n) is 4.36. The van der Waals surface area contributed by atoms with Crippen molar-refractivity contribution in [1.82, 2.24) is 0 Å². The summed E-state index contributed by atoms with van der Waals surface area (Å²) < 4.78 is 4.79. The lowest BCUT2D eigenvalue weighted by molar-refractivity contribution is -0.145. The van der Waals surface area contributed by atoms with Crippen LogP contribution in [0.1, 0.15) is 11.8 Å². The minimum atomic E-state index is -0.673. The Kier molecular flexibility index (Phi) is 4.14. The van der Waals surface area contributed by atoms with Gasteiger partial charge in [-0.1, -0.05) is 6.07 Å². The molecule has 0 saturated carbocycles. The van der Waals surface area contributed by atoms with Crippen molar-refractivity contribution in [3.63, 3.8) is 0 Å². The topological polar surface area (TPSA) is 50.1 Å². The number of hydrogen-bond donors (Lipinski definition) is 0. The average molecular weight is 209 g/mol. The van der Waals surface area contributed by atoms with E-state index in [9.17, 15) is 4.79 Å². The molecular weight excluding hydrogens is 198 g/mol. The first-order valence-corrected chi connectivity index (χ1v) is 5.24. The molecule has 0 bridgehead atoms. The van der Waals surface area contributed by atoms with Crippen LogP contribution >= 0.6 is 11.3 Å². The molecule has 0 aliphatic rings. The molecule has 1 aromatic rings. The molecule has 74 valence electrons. The molecule has 0 saturated heterocycles. The zero-order valence-electron chi connectivity index (χ0n) is 7.90. The van der Waals surface area contributed by atoms with Crippen molar-refractivity contribution in [3.05, 3.63) is 22.4 Å². The molecule has 4 heteroatoms. The van der Waals surface area contributed by atoms with Crippen molar-refractivity contribution in [2.45, 2.75) is 13.3 Å². The summed E-state index contributed by atoms with van der Waals surface area (Å²) in [6, 6.07) is 5.77. The van der Waals surface area contributed by atoms with Gasteiger partial charge in [-0.15, -0.1) is 11.3 Å². The van der Waals surface area contributed by atoms with Crippen molar-refractivity contribution in [1.29, 1.82) is 5.26 Å². The van der Waals surface area contributed by atoms with Crippen LogP contribution in [-0.4, -0.2) is 12.6 Å². The smallest absolute Gasteiger partial charge is 0.323 e. The lowest BCUT2D eigenvalue weighted by atomic mass is 10.1. The fourth-order valence-electron chi connectivity index (χ4n) is 1.05. The van der Waals surface area contributed by atoms with Gasteiger partial charge in [-0.3, -0.25) is 4.79 Å². The molecule has 0 amide bonds. The monoisotopic (exact) mass is 209 g/mol. The molecule has 0 spiro atoms. The second-order valence-electron chi connectivity index (χ2n) is 2.72. The molecule has 0 N–H and O–H groups in total. The van der Waals surface area contributed by atoms with Crippen LogP contribution in [0.4, 0.5) is 0 Å². The molecule has 1 unspecified atom stereocenters. The van der Waals surface area contributed by atoms with Gasteiger partial charge in [0.25, 0.3) is 0 Å². The summed E-state index contributed by atoms with van der Waals surface area (Å²) in [7, 11) is 0. The van der Waals surface area contributed by atoms with Gasteiger partial charge in [0.2, 0.25) is 0 Å². The third-order valence-corrected chi connectivity index (χ3v) is 2.61. The van der Waals surface area contributed by atoms with E-state index in [-0.39, 0.29) is 0 Å². The summed E-state index contributed by atoms with van der Waals surface area (Å²) >= 11 is 1.54. The van der Waals surface area contributed by atoms with E-state index >= 15 is 0 Å². The van der Waals surface area contributed by atoms with E-state index < -0.39 is 11.9 Å². The van der Waals surface area contributed by atoms with Crippen LogP contribution in [0.3, 0.4) is 0 Å². The van der Waals surface area contributed by atoms with Gasteiger partial charge in [0.05, 0.1) is 12.7 Å². The van der Waals surface area contributed by atoms with E-state index in [0.717, 1.165) is 4.88 Å². The van der Waals surface area contributed by atoms with Gasteiger partial charge in [0.1, 0.15) is 5.92 Å². The van der Waals surface area contributed by atoms with E-state index in [2.05, 4.69) is 0 Å². The SMILES string of the molecule is CCOC(=O)C(C#N)Cc1cccs1. The van der Waals surface area contributed by atoms with E-state index in [4.69, 9.17) is 10.00 Å². The lowest BCUT2D eigenvalue weighted by Crippen LogP contribution is -2.17. The van der Waals surface area contributed by atoms with Gasteiger partial charge in [0.15, 0.2) is 0 Å². The molecule has 0 aromatic carbocycles. The molecule has 0 aliphatic carbocycles. The zero-order valence-corrected chi connectivity index (χ0v) is 8.71. The normalized spacial score (nSPS) is 11.7. The minimum absolute atomic E-state index is 0.321. The molecule has 1 aromatic heterocycles. The summed E-state index contributed by atoms with van der Waals surface area (Å²) in [5, 5.41) is 10.7. The van der Waals surface area contributed by atoms with Gasteiger partial charge in [0, 0.05) is 11.3 Å². The lowest BCUT2D eigenvalue weighted by Gasteiger charge is -2.06. The second-order valence-corrected chi connectivity index (χ2v) is 3.75. The Morgan fingerprint density at radius 3 is 3.07 bits per heavy atom. The molecule has 0 aliphatic heterocycles. The first kappa shape index (κ1) is 10.7. The van der Waals surface area contributed by atoms with E-state index in [0.29, 0.717) is 13.0 Å². The molecule has 1 atom stereocenters. The highest BCUT2D eigenvalue weighted by atomic mass is 32.1. The van der Waals surface area contributed by atoms with Gasteiger partial charge in [-0.2, -0.15) is 5.26 Å². The van der Waals surface area contributed by atoms with Crippen molar-refractivity contribution in [2.75, 3.05) is 6.61 Å². The standard InChI is InChI=1S/C10H11NO2S/c1-2-13-10(12)8(7-11)6-9-4-3-5-14-9/h3-5,8H,2,6H2,1H3. The van der Waals surface area contributed by atoms with Crippen molar-refractivity contribution in [3.8, 4) is 6.07 Å². The van der Waals surface area contributed by atoms with Crippen LogP contribution in [0.15, 0.2) is 17.5 Å². The molecule has 3 nitrogen and oxygen atoms in total. The van der Waals surface area contributed by atoms with E-state index in [1.807, 2.05) is 23.6 Å². The predicted octanol–water partition coefficient (Wildman–Crippen LogP) is 1.99. The Bertz CT molecular complexity index is 326. The van der Waals surface area contributed by atoms with Crippen LogP contribution in [0, 0.1) is 17.2 Å². The highest BCUT2D eigenvalue weighted by Gasteiger charge is 2.19. The minimum Gasteiger partial charge on any atom is -0.465 e. The molecule has 1 rings (SSSR count). The summed E-state index contributed by atoms with van der Waals surface area (Å²) in [6.45, 7) is 2.05. The van der Waals surface area contributed by atoms with E-state index in [1.54, 1.807) is 18.3 Å². The number of thiophene rings is 1. The van der Waals surface area contributed by atoms with Gasteiger partial charge in [-0.05, 0) is 18.4 Å². The maximum atomic E-state index is 11.3. The number of carbonyl (C=O) groups is 1. The molecule has 0 radical (unpaired) electrons. The highest BCUT2D eigenvalue weighted by Crippen LogP contribution is 2.15. The van der Waals surface area contributed by atoms with Crippen molar-refractivity contribution >= 4 is 17.3 Å². The Morgan fingerprint density at radius 1 is 1.79 bits per heavy atom. The summed E-state index contributed by atoms with van der Waals surface area (Å²) in [6.07, 6.45) is 0.451. The number of nitrogens with zero attached hydrogens (tertiary/aromatic N) is 1. The van der Waals surface area contributed by atoms with E-state index in [1.165, 1.54) is 0 Å². The fourth-order valence-corrected chi connectivity index (χ4v) is 1.81. The number of esters is 1. The summed E-state index contributed by atoms with van der Waals surface area (Å²) in [5.41, 5.74) is 0. The average Bonchev–Trinajstić information content (AvgIpc) is 2.66. The van der Waals surface area contributed by atoms with Crippen LogP contribution in [0.25, 0.3) is 0 Å². The van der Waals surface area contributed by atoms with Crippen molar-refractivity contribution < 1.29 is 9.53 Å². The molecule has 0 fully saturated rings. The van der Waals surface area contributed by atoms with Crippen LogP contribution in [0.2, 0.25) is 0 Å². The Hall–Kier alpha value is -1.34. The van der Waals surface area contributed by atoms with Gasteiger partial charge < -0.3 is 4.74 Å². The number of ether oxygens (including phenoxy) is 1. The summed E-state index contributed by atoms with van der Waals surface area (Å²) in [5.74, 6) is -1.10. The molecule has 1 heterocycles. The first-order chi connectivity index (χ1) is 6.77. The van der Waals surface area contributed by atoms with Crippen molar-refractivity contribution in [2.24, 2.45) is 5.92 Å². The number of nitriles is 1. The number of hydrogen-bond acceptors (Lipinski definition) is 4. The Labute approximate surface area is 86.9 Å². The third-order valence-electron chi connectivity index (χ3n) is 1.71. The predicted molar refractivity (Wildman–Crippen MR) is 53.8 cm³/mol. The van der Waals surface area contributed by atoms with Crippen LogP contribution in [0.5, 0.6) is 0 Å². The van der Waals surface area contributed by atoms with Gasteiger partial charge in [-0.25, -0.2) is 0 Å². The van der Waals surface area contributed by atoms with Crippen LogP contribution < -0.4 is 0 Å². The zero-order chi connectivity index (χ0) is 10.4. The largest absolute Gasteiger partial charge is 0.465 e. The number of carbonyl (C=O) groups excluding carboxylic acids is 1. The summed E-state index contributed by atoms with van der Waals surface area (Å²) in [4.78, 5) is 12.3. The molecular formula is C10H11NO2S. The maximum absolute atomic E-state index is 11.3. The van der Waals surface area contributed by atoms with Gasteiger partial charge >= 0.3 is 5.97 Å². The third kappa shape index (κ3) is 2.86. The second kappa shape index (κ2) is 5.40. The van der Waals surface area contributed by atoms with Crippen LogP contribution in [-0.2, 0) is 16.0 Å².